The molecule has 0 aliphatic heterocycles. The van der Waals surface area contributed by atoms with Crippen molar-refractivity contribution in [3.8, 4) is 0 Å². The maximum Gasteiger partial charge on any atom is 0.231 e. The van der Waals surface area contributed by atoms with Gasteiger partial charge in [-0.25, -0.2) is 0 Å². The van der Waals surface area contributed by atoms with Crippen LogP contribution in [0.2, 0.25) is 6.04 Å². The van der Waals surface area contributed by atoms with E-state index in [1.165, 1.54) is 5.69 Å². The molecule has 0 aromatic heterocycles. The zero-order valence-electron chi connectivity index (χ0n) is 7.92. The van der Waals surface area contributed by atoms with Gasteiger partial charge < -0.3 is 9.74 Å². The van der Waals surface area contributed by atoms with Crippen LogP contribution in [0.5, 0.6) is 0 Å². The van der Waals surface area contributed by atoms with E-state index in [0.29, 0.717) is 9.76 Å². The Kier molecular flexibility index (Phi) is 5.29. The summed E-state index contributed by atoms with van der Waals surface area (Å²) >= 11 is 0. The van der Waals surface area contributed by atoms with Crippen LogP contribution in [0.15, 0.2) is 30.3 Å². The summed E-state index contributed by atoms with van der Waals surface area (Å²) in [5.41, 5.74) is 1.18. The minimum Gasteiger partial charge on any atom is -0.418 e. The van der Waals surface area contributed by atoms with Crippen molar-refractivity contribution < 1.29 is 4.43 Å². The van der Waals surface area contributed by atoms with Gasteiger partial charge in [0.1, 0.15) is 0 Å². The van der Waals surface area contributed by atoms with E-state index in [9.17, 15) is 0 Å². The smallest absolute Gasteiger partial charge is 0.231 e. The van der Waals surface area contributed by atoms with E-state index in [4.69, 9.17) is 4.43 Å². The molecule has 0 amide bonds. The molecule has 0 aliphatic rings. The topological polar surface area (TPSA) is 21.3 Å². The van der Waals surface area contributed by atoms with Crippen molar-refractivity contribution >= 4 is 15.5 Å². The van der Waals surface area contributed by atoms with Crippen LogP contribution in [0.1, 0.15) is 6.92 Å². The van der Waals surface area contributed by atoms with Gasteiger partial charge in [-0.1, -0.05) is 18.2 Å². The molecular weight excluding hydrogens is 178 g/mol. The van der Waals surface area contributed by atoms with Crippen LogP contribution in [0, 0.1) is 0 Å². The Morgan fingerprint density at radius 2 is 2.08 bits per heavy atom. The first kappa shape index (κ1) is 10.3. The van der Waals surface area contributed by atoms with Crippen LogP contribution >= 0.6 is 0 Å². The lowest BCUT2D eigenvalue weighted by molar-refractivity contribution is 0.360. The Hall–Kier alpha value is -0.803. The standard InChI is InChI=1S/C10H15NOSi/c1-2-12-13-9-8-11-10-6-4-3-5-7-10/h3-7,11H,2,8-9H2,1H3. The second-order valence-corrected chi connectivity index (χ2v) is 3.70. The van der Waals surface area contributed by atoms with Gasteiger partial charge in [0.2, 0.25) is 9.76 Å². The minimum absolute atomic E-state index is 0.621. The van der Waals surface area contributed by atoms with E-state index in [1.807, 2.05) is 25.1 Å². The van der Waals surface area contributed by atoms with Gasteiger partial charge in [-0.3, -0.25) is 0 Å². The second-order valence-electron chi connectivity index (χ2n) is 2.62. The Labute approximate surface area is 82.3 Å². The summed E-state index contributed by atoms with van der Waals surface area (Å²) in [6, 6.07) is 11.3. The number of nitrogens with one attached hydrogen (secondary N) is 1. The second kappa shape index (κ2) is 6.68. The van der Waals surface area contributed by atoms with Crippen molar-refractivity contribution in [2.24, 2.45) is 0 Å². The molecule has 0 spiro atoms. The van der Waals surface area contributed by atoms with Crippen LogP contribution < -0.4 is 5.32 Å². The summed E-state index contributed by atoms with van der Waals surface area (Å²) in [6.45, 7) is 3.84. The summed E-state index contributed by atoms with van der Waals surface area (Å²) in [5.74, 6) is 0. The number of para-hydroxylation sites is 1. The minimum atomic E-state index is 0.621. The third-order valence-electron chi connectivity index (χ3n) is 1.58. The first-order chi connectivity index (χ1) is 6.43. The fourth-order valence-electron chi connectivity index (χ4n) is 0.988. The highest BCUT2D eigenvalue weighted by atomic mass is 28.2. The lowest BCUT2D eigenvalue weighted by Crippen LogP contribution is -2.06. The Morgan fingerprint density at radius 1 is 1.31 bits per heavy atom. The van der Waals surface area contributed by atoms with Gasteiger partial charge in [0, 0.05) is 18.8 Å². The van der Waals surface area contributed by atoms with Gasteiger partial charge in [0.25, 0.3) is 0 Å². The van der Waals surface area contributed by atoms with Crippen molar-refractivity contribution in [3.05, 3.63) is 30.3 Å². The molecule has 0 fully saturated rings. The lowest BCUT2D eigenvalue weighted by Gasteiger charge is -2.04. The molecule has 2 radical (unpaired) electrons. The van der Waals surface area contributed by atoms with Crippen molar-refractivity contribution in [2.45, 2.75) is 13.0 Å². The highest BCUT2D eigenvalue weighted by molar-refractivity contribution is 6.27. The maximum atomic E-state index is 5.26. The van der Waals surface area contributed by atoms with Crippen molar-refractivity contribution in [1.82, 2.24) is 0 Å². The predicted octanol–water partition coefficient (Wildman–Crippen LogP) is 2.17. The van der Waals surface area contributed by atoms with Crippen LogP contribution in [-0.2, 0) is 4.43 Å². The molecule has 0 atom stereocenters. The summed E-state index contributed by atoms with van der Waals surface area (Å²) in [4.78, 5) is 0. The van der Waals surface area contributed by atoms with Crippen LogP contribution in [0.3, 0.4) is 0 Å². The zero-order valence-corrected chi connectivity index (χ0v) is 8.92. The molecule has 1 aromatic carbocycles. The number of rotatable bonds is 6. The van der Waals surface area contributed by atoms with E-state index in [1.54, 1.807) is 0 Å². The van der Waals surface area contributed by atoms with E-state index in [0.717, 1.165) is 19.2 Å². The van der Waals surface area contributed by atoms with Crippen molar-refractivity contribution in [3.63, 3.8) is 0 Å². The quantitative estimate of drug-likeness (QED) is 0.552. The molecule has 0 aliphatic carbocycles. The molecule has 0 heterocycles. The molecule has 1 rings (SSSR count). The summed E-state index contributed by atoms with van der Waals surface area (Å²) in [7, 11) is 0.621. The molecule has 13 heavy (non-hydrogen) atoms. The molecule has 0 saturated carbocycles. The lowest BCUT2D eigenvalue weighted by atomic mass is 10.3. The normalized spacial score (nSPS) is 9.92. The maximum absolute atomic E-state index is 5.26. The highest BCUT2D eigenvalue weighted by Crippen LogP contribution is 2.04. The van der Waals surface area contributed by atoms with E-state index >= 15 is 0 Å². The molecule has 3 heteroatoms. The molecule has 1 aromatic rings. The molecule has 0 bridgehead atoms. The molecule has 0 saturated heterocycles. The average Bonchev–Trinajstić information content (AvgIpc) is 2.19. The van der Waals surface area contributed by atoms with Gasteiger partial charge in [0.15, 0.2) is 0 Å². The molecular formula is C10H15NOSi. The number of anilines is 1. The monoisotopic (exact) mass is 193 g/mol. The SMILES string of the molecule is CCO[Si]CCNc1ccccc1. The highest BCUT2D eigenvalue weighted by Gasteiger charge is 1.91. The van der Waals surface area contributed by atoms with Gasteiger partial charge in [-0.2, -0.15) is 0 Å². The Bertz CT molecular complexity index is 215. The first-order valence-corrected chi connectivity index (χ1v) is 5.68. The predicted molar refractivity (Wildman–Crippen MR) is 57.1 cm³/mol. The fourth-order valence-corrected chi connectivity index (χ4v) is 1.56. The summed E-state index contributed by atoms with van der Waals surface area (Å²) < 4.78 is 5.26. The van der Waals surface area contributed by atoms with E-state index < -0.39 is 0 Å². The molecule has 1 N–H and O–H groups in total. The van der Waals surface area contributed by atoms with E-state index in [-0.39, 0.29) is 0 Å². The Balaban J connectivity index is 2.07. The van der Waals surface area contributed by atoms with Crippen LogP contribution in [0.25, 0.3) is 0 Å². The van der Waals surface area contributed by atoms with E-state index in [2.05, 4.69) is 17.4 Å². The Morgan fingerprint density at radius 3 is 2.77 bits per heavy atom. The fraction of sp³-hybridized carbons (Fsp3) is 0.400. The average molecular weight is 193 g/mol. The van der Waals surface area contributed by atoms with Gasteiger partial charge in [0.05, 0.1) is 0 Å². The zero-order chi connectivity index (χ0) is 9.36. The number of benzene rings is 1. The van der Waals surface area contributed by atoms with Gasteiger partial charge in [-0.15, -0.1) is 0 Å². The van der Waals surface area contributed by atoms with Crippen LogP contribution in [-0.4, -0.2) is 22.9 Å². The van der Waals surface area contributed by atoms with Crippen molar-refractivity contribution in [1.29, 1.82) is 0 Å². The van der Waals surface area contributed by atoms with Gasteiger partial charge >= 0.3 is 0 Å². The largest absolute Gasteiger partial charge is 0.418 e. The number of hydrogen-bond acceptors (Lipinski definition) is 2. The van der Waals surface area contributed by atoms with Gasteiger partial charge in [-0.05, 0) is 25.1 Å². The van der Waals surface area contributed by atoms with Crippen LogP contribution in [0.4, 0.5) is 5.69 Å². The summed E-state index contributed by atoms with van der Waals surface area (Å²) in [6.07, 6.45) is 0. The third-order valence-corrected chi connectivity index (χ3v) is 2.52. The first-order valence-electron chi connectivity index (χ1n) is 4.57. The third kappa shape index (κ3) is 4.70. The van der Waals surface area contributed by atoms with Crippen molar-refractivity contribution in [2.75, 3.05) is 18.5 Å². The molecule has 2 nitrogen and oxygen atoms in total. The molecule has 70 valence electrons. The number of hydrogen-bond donors (Lipinski definition) is 1. The molecule has 0 unspecified atom stereocenters. The summed E-state index contributed by atoms with van der Waals surface area (Å²) in [5, 5.41) is 3.33.